The van der Waals surface area contributed by atoms with Gasteiger partial charge in [-0.25, -0.2) is 0 Å². The summed E-state index contributed by atoms with van der Waals surface area (Å²) in [6, 6.07) is 7.54. The minimum atomic E-state index is -4.58. The monoisotopic (exact) mass is 346 g/mol. The first-order valence-electron chi connectivity index (χ1n) is 6.72. The molecule has 0 atom stereocenters. The molecule has 0 radical (unpaired) electrons. The van der Waals surface area contributed by atoms with Crippen LogP contribution in [0.4, 0.5) is 26.3 Å². The number of hydrogen-bond donors (Lipinski definition) is 0. The van der Waals surface area contributed by atoms with Crippen molar-refractivity contribution < 1.29 is 31.1 Å². The first-order valence-corrected chi connectivity index (χ1v) is 6.72. The van der Waals surface area contributed by atoms with E-state index in [1.165, 1.54) is 37.5 Å². The Kier molecular flexibility index (Phi) is 4.91. The molecule has 2 aromatic rings. The lowest BCUT2D eigenvalue weighted by molar-refractivity contribution is -0.138. The largest absolute Gasteiger partial charge is 0.497 e. The van der Waals surface area contributed by atoms with E-state index in [0.29, 0.717) is 0 Å². The third kappa shape index (κ3) is 4.31. The second-order valence-electron chi connectivity index (χ2n) is 4.91. The third-order valence-electron chi connectivity index (χ3n) is 3.23. The Labute approximate surface area is 134 Å². The molecule has 0 aromatic heterocycles. The van der Waals surface area contributed by atoms with Crippen LogP contribution in [-0.2, 0) is 12.4 Å². The van der Waals surface area contributed by atoms with Gasteiger partial charge in [0.1, 0.15) is 5.75 Å². The second kappa shape index (κ2) is 6.59. The van der Waals surface area contributed by atoms with Gasteiger partial charge in [-0.3, -0.25) is 0 Å². The highest BCUT2D eigenvalue weighted by Crippen LogP contribution is 2.35. The Hall–Kier alpha value is -2.44. The van der Waals surface area contributed by atoms with E-state index in [2.05, 4.69) is 0 Å². The Balaban J connectivity index is 2.42. The molecule has 0 amide bonds. The quantitative estimate of drug-likeness (QED) is 0.496. The lowest BCUT2D eigenvalue weighted by Crippen LogP contribution is -2.07. The van der Waals surface area contributed by atoms with E-state index in [1.807, 2.05) is 0 Å². The summed E-state index contributed by atoms with van der Waals surface area (Å²) in [5.74, 6) is 0.215. The maximum Gasteiger partial charge on any atom is 0.416 e. The second-order valence-corrected chi connectivity index (χ2v) is 4.91. The molecular weight excluding hydrogens is 334 g/mol. The number of rotatable bonds is 3. The van der Waals surface area contributed by atoms with E-state index in [0.717, 1.165) is 24.3 Å². The molecule has 0 bridgehead atoms. The minimum Gasteiger partial charge on any atom is -0.497 e. The summed E-state index contributed by atoms with van der Waals surface area (Å²) in [6.45, 7) is 0. The van der Waals surface area contributed by atoms with Crippen LogP contribution in [-0.4, -0.2) is 7.11 Å². The van der Waals surface area contributed by atoms with Gasteiger partial charge < -0.3 is 4.74 Å². The maximum absolute atomic E-state index is 13.0. The van der Waals surface area contributed by atoms with Crippen molar-refractivity contribution in [3.63, 3.8) is 0 Å². The molecule has 0 aliphatic carbocycles. The van der Waals surface area contributed by atoms with Crippen LogP contribution in [0.5, 0.6) is 5.75 Å². The Morgan fingerprint density at radius 3 is 2.12 bits per heavy atom. The Morgan fingerprint density at radius 1 is 0.833 bits per heavy atom. The van der Waals surface area contributed by atoms with Crippen LogP contribution in [0.25, 0.3) is 12.2 Å². The summed E-state index contributed by atoms with van der Waals surface area (Å²) in [5, 5.41) is 0. The molecule has 7 heteroatoms. The molecule has 2 aromatic carbocycles. The van der Waals surface area contributed by atoms with Crippen LogP contribution in [0.15, 0.2) is 42.5 Å². The first kappa shape index (κ1) is 17.9. The summed E-state index contributed by atoms with van der Waals surface area (Å²) in [7, 11) is 1.31. The summed E-state index contributed by atoms with van der Waals surface area (Å²) >= 11 is 0. The van der Waals surface area contributed by atoms with Crippen LogP contribution >= 0.6 is 0 Å². The van der Waals surface area contributed by atoms with Gasteiger partial charge in [-0.05, 0) is 41.5 Å². The average Bonchev–Trinajstić information content (AvgIpc) is 2.51. The van der Waals surface area contributed by atoms with Crippen molar-refractivity contribution in [1.82, 2.24) is 0 Å². The highest BCUT2D eigenvalue weighted by molar-refractivity contribution is 5.72. The highest BCUT2D eigenvalue weighted by atomic mass is 19.4. The van der Waals surface area contributed by atoms with Crippen molar-refractivity contribution in [3.8, 4) is 5.75 Å². The fourth-order valence-electron chi connectivity index (χ4n) is 2.07. The lowest BCUT2D eigenvalue weighted by atomic mass is 10.0. The van der Waals surface area contributed by atoms with Gasteiger partial charge in [0.05, 0.1) is 18.2 Å². The standard InChI is InChI=1S/C17H12F6O/c1-24-14-7-8-15(17(21,22)23)12(10-14)6-5-11-3-2-4-13(9-11)16(18,19)20/h2-10H,1H3/b6-5+. The van der Waals surface area contributed by atoms with Crippen LogP contribution < -0.4 is 4.74 Å². The summed E-state index contributed by atoms with van der Waals surface area (Å²) in [4.78, 5) is 0. The van der Waals surface area contributed by atoms with Gasteiger partial charge in [0.25, 0.3) is 0 Å². The molecule has 0 aliphatic rings. The zero-order valence-electron chi connectivity index (χ0n) is 12.4. The minimum absolute atomic E-state index is 0.140. The zero-order chi connectivity index (χ0) is 18.0. The van der Waals surface area contributed by atoms with Gasteiger partial charge in [0.15, 0.2) is 0 Å². The predicted molar refractivity (Wildman–Crippen MR) is 78.4 cm³/mol. The van der Waals surface area contributed by atoms with Gasteiger partial charge in [-0.2, -0.15) is 26.3 Å². The van der Waals surface area contributed by atoms with Gasteiger partial charge in [-0.15, -0.1) is 0 Å². The Morgan fingerprint density at radius 2 is 1.54 bits per heavy atom. The summed E-state index contributed by atoms with van der Waals surface area (Å²) in [5.41, 5.74) is -1.82. The maximum atomic E-state index is 13.0. The molecule has 0 heterocycles. The fourth-order valence-corrected chi connectivity index (χ4v) is 2.07. The molecule has 2 rings (SSSR count). The van der Waals surface area contributed by atoms with E-state index < -0.39 is 23.5 Å². The molecule has 0 unspecified atom stereocenters. The van der Waals surface area contributed by atoms with Crippen LogP contribution in [0.2, 0.25) is 0 Å². The van der Waals surface area contributed by atoms with Crippen molar-refractivity contribution in [2.75, 3.05) is 7.11 Å². The molecule has 0 saturated heterocycles. The number of hydrogen-bond acceptors (Lipinski definition) is 1. The van der Waals surface area contributed by atoms with Crippen molar-refractivity contribution in [1.29, 1.82) is 0 Å². The van der Waals surface area contributed by atoms with Crippen molar-refractivity contribution in [3.05, 3.63) is 64.7 Å². The van der Waals surface area contributed by atoms with E-state index >= 15 is 0 Å². The molecule has 128 valence electrons. The molecule has 0 fully saturated rings. The molecule has 0 spiro atoms. The van der Waals surface area contributed by atoms with Crippen LogP contribution in [0.1, 0.15) is 22.3 Å². The fraction of sp³-hybridized carbons (Fsp3) is 0.176. The normalized spacial score (nSPS) is 12.6. The average molecular weight is 346 g/mol. The number of benzene rings is 2. The Bertz CT molecular complexity index is 743. The van der Waals surface area contributed by atoms with Gasteiger partial charge in [-0.1, -0.05) is 24.3 Å². The zero-order valence-corrected chi connectivity index (χ0v) is 12.4. The molecule has 0 N–H and O–H groups in total. The van der Waals surface area contributed by atoms with Crippen LogP contribution in [0, 0.1) is 0 Å². The van der Waals surface area contributed by atoms with E-state index in [-0.39, 0.29) is 16.9 Å². The van der Waals surface area contributed by atoms with Crippen LogP contribution in [0.3, 0.4) is 0 Å². The van der Waals surface area contributed by atoms with Crippen molar-refractivity contribution >= 4 is 12.2 Å². The van der Waals surface area contributed by atoms with Gasteiger partial charge >= 0.3 is 12.4 Å². The number of methoxy groups -OCH3 is 1. The predicted octanol–water partition coefficient (Wildman–Crippen LogP) is 5.90. The van der Waals surface area contributed by atoms with Crippen molar-refractivity contribution in [2.24, 2.45) is 0 Å². The van der Waals surface area contributed by atoms with E-state index in [4.69, 9.17) is 4.74 Å². The molecule has 1 nitrogen and oxygen atoms in total. The first-order chi connectivity index (χ1) is 11.1. The van der Waals surface area contributed by atoms with Gasteiger partial charge in [0, 0.05) is 0 Å². The topological polar surface area (TPSA) is 9.23 Å². The molecular formula is C17H12F6O. The SMILES string of the molecule is COc1ccc(C(F)(F)F)c(/C=C/c2cccc(C(F)(F)F)c2)c1. The third-order valence-corrected chi connectivity index (χ3v) is 3.23. The highest BCUT2D eigenvalue weighted by Gasteiger charge is 2.33. The molecule has 24 heavy (non-hydrogen) atoms. The summed E-state index contributed by atoms with van der Waals surface area (Å²) < 4.78 is 81.9. The number of halogens is 6. The molecule has 0 aliphatic heterocycles. The summed E-state index contributed by atoms with van der Waals surface area (Å²) in [6.07, 6.45) is -6.79. The smallest absolute Gasteiger partial charge is 0.416 e. The van der Waals surface area contributed by atoms with E-state index in [1.54, 1.807) is 0 Å². The number of alkyl halides is 6. The van der Waals surface area contributed by atoms with E-state index in [9.17, 15) is 26.3 Å². The van der Waals surface area contributed by atoms with Gasteiger partial charge in [0.2, 0.25) is 0 Å². The van der Waals surface area contributed by atoms with Crippen molar-refractivity contribution in [2.45, 2.75) is 12.4 Å². The number of ether oxygens (including phenoxy) is 1. The lowest BCUT2D eigenvalue weighted by Gasteiger charge is -2.12. The molecule has 0 saturated carbocycles.